The van der Waals surface area contributed by atoms with Gasteiger partial charge < -0.3 is 19.7 Å². The topological polar surface area (TPSA) is 57.6 Å². The minimum atomic E-state index is 0.0873. The highest BCUT2D eigenvalue weighted by atomic mass is 16.2. The second kappa shape index (κ2) is 9.65. The fourth-order valence-corrected chi connectivity index (χ4v) is 5.35. The van der Waals surface area contributed by atoms with Crippen LogP contribution >= 0.6 is 0 Å². The van der Waals surface area contributed by atoms with Crippen LogP contribution in [-0.2, 0) is 11.8 Å². The van der Waals surface area contributed by atoms with Crippen LogP contribution in [0.25, 0.3) is 10.9 Å². The molecule has 0 saturated carbocycles. The molecule has 174 valence electrons. The van der Waals surface area contributed by atoms with Crippen LogP contribution in [0.4, 0.5) is 0 Å². The molecule has 2 aliphatic rings. The van der Waals surface area contributed by atoms with Crippen LogP contribution in [0, 0.1) is 25.7 Å². The number of nitrogens with one attached hydrogen (secondary N) is 1. The molecule has 0 spiro atoms. The Bertz CT molecular complexity index is 987. The smallest absolute Gasteiger partial charge is 0.253 e. The largest absolute Gasteiger partial charge is 0.356 e. The Hall–Kier alpha value is -2.34. The van der Waals surface area contributed by atoms with Crippen molar-refractivity contribution >= 4 is 22.7 Å². The van der Waals surface area contributed by atoms with Crippen molar-refractivity contribution in [2.75, 3.05) is 39.8 Å². The number of likely N-dealkylation sites (tertiary alicyclic amines) is 2. The van der Waals surface area contributed by atoms with Crippen molar-refractivity contribution in [3.63, 3.8) is 0 Å². The normalized spacial score (nSPS) is 20.6. The van der Waals surface area contributed by atoms with Crippen molar-refractivity contribution in [2.45, 2.75) is 46.0 Å². The van der Waals surface area contributed by atoms with Crippen molar-refractivity contribution in [1.82, 2.24) is 19.7 Å². The molecule has 0 bridgehead atoms. The summed E-state index contributed by atoms with van der Waals surface area (Å²) in [5, 5.41) is 4.31. The number of hydrogen-bond acceptors (Lipinski definition) is 3. The lowest BCUT2D eigenvalue weighted by Crippen LogP contribution is -2.42. The summed E-state index contributed by atoms with van der Waals surface area (Å²) in [6.45, 7) is 8.71. The zero-order valence-corrected chi connectivity index (χ0v) is 20.1. The molecule has 6 heteroatoms. The summed E-state index contributed by atoms with van der Waals surface area (Å²) in [6, 6.07) is 6.04. The molecule has 3 heterocycles. The number of carbonyl (C=O) groups is 2. The van der Waals surface area contributed by atoms with E-state index >= 15 is 0 Å². The molecule has 2 saturated heterocycles. The van der Waals surface area contributed by atoms with Gasteiger partial charge in [0.25, 0.3) is 5.91 Å². The van der Waals surface area contributed by atoms with E-state index in [0.29, 0.717) is 18.9 Å². The standard InChI is InChI=1S/C26H38N4O2/c1-18-19(2)29(4)24-8-7-22(15-23(18)24)26(32)30-11-5-6-21(17-30)14-25(31)27-16-20-9-12-28(3)13-10-20/h7-8,15,20-21H,5-6,9-14,16-17H2,1-4H3,(H,27,31). The lowest BCUT2D eigenvalue weighted by Gasteiger charge is -2.33. The molecule has 2 amide bonds. The number of carbonyl (C=O) groups excluding carboxylic acids is 2. The first kappa shape index (κ1) is 22.8. The Morgan fingerprint density at radius 1 is 1.03 bits per heavy atom. The van der Waals surface area contributed by atoms with Crippen LogP contribution in [0.1, 0.15) is 53.7 Å². The quantitative estimate of drug-likeness (QED) is 0.777. The number of aryl methyl sites for hydroxylation is 2. The van der Waals surface area contributed by atoms with Crippen LogP contribution in [0.3, 0.4) is 0 Å². The second-order valence-corrected chi connectivity index (χ2v) is 10.0. The van der Waals surface area contributed by atoms with Gasteiger partial charge in [-0.3, -0.25) is 9.59 Å². The Balaban J connectivity index is 1.33. The van der Waals surface area contributed by atoms with Crippen LogP contribution in [-0.4, -0.2) is 66.0 Å². The van der Waals surface area contributed by atoms with Crippen molar-refractivity contribution in [3.8, 4) is 0 Å². The summed E-state index contributed by atoms with van der Waals surface area (Å²) < 4.78 is 2.18. The maximum absolute atomic E-state index is 13.3. The van der Waals surface area contributed by atoms with Crippen molar-refractivity contribution < 1.29 is 9.59 Å². The zero-order chi connectivity index (χ0) is 22.8. The molecule has 4 rings (SSSR count). The summed E-state index contributed by atoms with van der Waals surface area (Å²) in [7, 11) is 4.23. The van der Waals surface area contributed by atoms with Crippen molar-refractivity contribution in [2.24, 2.45) is 18.9 Å². The van der Waals surface area contributed by atoms with Crippen LogP contribution in [0.2, 0.25) is 0 Å². The Kier molecular flexibility index (Phi) is 6.89. The van der Waals surface area contributed by atoms with Crippen LogP contribution in [0.15, 0.2) is 18.2 Å². The fourth-order valence-electron chi connectivity index (χ4n) is 5.35. The summed E-state index contributed by atoms with van der Waals surface area (Å²) in [5.41, 5.74) is 4.37. The molecule has 1 unspecified atom stereocenters. The number of hydrogen-bond donors (Lipinski definition) is 1. The Labute approximate surface area is 191 Å². The highest BCUT2D eigenvalue weighted by molar-refractivity contribution is 5.99. The van der Waals surface area contributed by atoms with Gasteiger partial charge in [-0.05, 0) is 95.3 Å². The summed E-state index contributed by atoms with van der Waals surface area (Å²) in [4.78, 5) is 30.1. The fraction of sp³-hybridized carbons (Fsp3) is 0.615. The number of rotatable bonds is 5. The van der Waals surface area contributed by atoms with Gasteiger partial charge in [0.15, 0.2) is 0 Å². The van der Waals surface area contributed by atoms with Gasteiger partial charge in [-0.25, -0.2) is 0 Å². The van der Waals surface area contributed by atoms with Gasteiger partial charge in [0.2, 0.25) is 5.91 Å². The first-order valence-electron chi connectivity index (χ1n) is 12.1. The molecule has 2 aromatic rings. The molecule has 32 heavy (non-hydrogen) atoms. The van der Waals surface area contributed by atoms with Crippen molar-refractivity contribution in [1.29, 1.82) is 0 Å². The monoisotopic (exact) mass is 438 g/mol. The van der Waals surface area contributed by atoms with E-state index in [0.717, 1.165) is 68.3 Å². The van der Waals surface area contributed by atoms with E-state index in [4.69, 9.17) is 0 Å². The zero-order valence-electron chi connectivity index (χ0n) is 20.1. The minimum Gasteiger partial charge on any atom is -0.356 e. The van der Waals surface area contributed by atoms with Crippen molar-refractivity contribution in [3.05, 3.63) is 35.0 Å². The third-order valence-electron chi connectivity index (χ3n) is 7.76. The number of benzene rings is 1. The average Bonchev–Trinajstić information content (AvgIpc) is 3.02. The predicted molar refractivity (Wildman–Crippen MR) is 129 cm³/mol. The molecule has 0 aliphatic carbocycles. The summed E-state index contributed by atoms with van der Waals surface area (Å²) in [5.74, 6) is 1.07. The molecule has 1 N–H and O–H groups in total. The van der Waals surface area contributed by atoms with E-state index in [1.54, 1.807) is 0 Å². The molecule has 0 radical (unpaired) electrons. The molecule has 1 aromatic heterocycles. The molecule has 1 aromatic carbocycles. The van der Waals surface area contributed by atoms with Gasteiger partial charge in [-0.2, -0.15) is 0 Å². The predicted octanol–water partition coefficient (Wildman–Crippen LogP) is 3.50. The SMILES string of the molecule is Cc1c(C)n(C)c2ccc(C(=O)N3CCCC(CC(=O)NCC4CCN(C)CC4)C3)cc12. The van der Waals surface area contributed by atoms with Crippen LogP contribution in [0.5, 0.6) is 0 Å². The molecule has 1 atom stereocenters. The molecule has 2 aliphatic heterocycles. The van der Waals surface area contributed by atoms with Gasteiger partial charge in [-0.1, -0.05) is 0 Å². The van der Waals surface area contributed by atoms with Crippen LogP contribution < -0.4 is 5.32 Å². The van der Waals surface area contributed by atoms with E-state index in [1.807, 2.05) is 17.0 Å². The van der Waals surface area contributed by atoms with E-state index < -0.39 is 0 Å². The molecule has 6 nitrogen and oxygen atoms in total. The lowest BCUT2D eigenvalue weighted by molar-refractivity contribution is -0.122. The summed E-state index contributed by atoms with van der Waals surface area (Å²) >= 11 is 0. The van der Waals surface area contributed by atoms with Gasteiger partial charge in [-0.15, -0.1) is 0 Å². The number of fused-ring (bicyclic) bond motifs is 1. The second-order valence-electron chi connectivity index (χ2n) is 10.0. The van der Waals surface area contributed by atoms with E-state index in [-0.39, 0.29) is 17.7 Å². The van der Waals surface area contributed by atoms with Gasteiger partial charge in [0, 0.05) is 55.3 Å². The maximum Gasteiger partial charge on any atom is 0.253 e. The van der Waals surface area contributed by atoms with E-state index in [2.05, 4.69) is 48.8 Å². The van der Waals surface area contributed by atoms with Gasteiger partial charge >= 0.3 is 0 Å². The maximum atomic E-state index is 13.3. The third kappa shape index (κ3) is 4.85. The van der Waals surface area contributed by atoms with E-state index in [9.17, 15) is 9.59 Å². The number of aromatic nitrogens is 1. The Morgan fingerprint density at radius 2 is 1.78 bits per heavy atom. The number of piperidine rings is 2. The molecule has 2 fully saturated rings. The average molecular weight is 439 g/mol. The lowest BCUT2D eigenvalue weighted by atomic mass is 9.93. The van der Waals surface area contributed by atoms with E-state index in [1.165, 1.54) is 11.3 Å². The van der Waals surface area contributed by atoms with Gasteiger partial charge in [0.05, 0.1) is 0 Å². The first-order chi connectivity index (χ1) is 15.3. The summed E-state index contributed by atoms with van der Waals surface area (Å²) in [6.07, 6.45) is 4.82. The number of nitrogens with zero attached hydrogens (tertiary/aromatic N) is 3. The highest BCUT2D eigenvalue weighted by Crippen LogP contribution is 2.27. The molecular weight excluding hydrogens is 400 g/mol. The first-order valence-corrected chi connectivity index (χ1v) is 12.1. The Morgan fingerprint density at radius 3 is 2.53 bits per heavy atom. The molecular formula is C26H38N4O2. The minimum absolute atomic E-state index is 0.0873. The van der Waals surface area contributed by atoms with Gasteiger partial charge in [0.1, 0.15) is 0 Å². The third-order valence-corrected chi connectivity index (χ3v) is 7.76. The highest BCUT2D eigenvalue weighted by Gasteiger charge is 2.27. The number of amides is 2.